The molecule has 2 rings (SSSR count). The molecule has 0 aliphatic heterocycles. The minimum absolute atomic E-state index is 0.0685. The number of thiophene rings is 1. The summed E-state index contributed by atoms with van der Waals surface area (Å²) in [4.78, 5) is 15.4. The van der Waals surface area contributed by atoms with Crippen LogP contribution in [-0.4, -0.2) is 24.4 Å². The third-order valence-corrected chi connectivity index (χ3v) is 4.02. The van der Waals surface area contributed by atoms with Crippen LogP contribution in [0.4, 0.5) is 5.69 Å². The first-order valence-electron chi connectivity index (χ1n) is 6.74. The summed E-state index contributed by atoms with van der Waals surface area (Å²) in [5.74, 6) is 0.0685. The summed E-state index contributed by atoms with van der Waals surface area (Å²) in [6.07, 6.45) is 0. The first-order chi connectivity index (χ1) is 9.61. The molecule has 2 aromatic rings. The van der Waals surface area contributed by atoms with Crippen LogP contribution in [0, 0.1) is 6.92 Å². The van der Waals surface area contributed by atoms with Crippen molar-refractivity contribution in [2.45, 2.75) is 20.4 Å². The Morgan fingerprint density at radius 3 is 2.75 bits per heavy atom. The molecular formula is C16H20N2OS. The maximum Gasteiger partial charge on any atom is 0.254 e. The van der Waals surface area contributed by atoms with Gasteiger partial charge in [-0.1, -0.05) is 6.07 Å². The van der Waals surface area contributed by atoms with Gasteiger partial charge >= 0.3 is 0 Å². The van der Waals surface area contributed by atoms with E-state index in [-0.39, 0.29) is 5.91 Å². The molecule has 1 aromatic heterocycles. The molecule has 1 amide bonds. The second kappa shape index (κ2) is 6.57. The molecule has 0 bridgehead atoms. The number of carbonyl (C=O) groups excluding carboxylic acids is 1. The van der Waals surface area contributed by atoms with Crippen molar-refractivity contribution >= 4 is 22.9 Å². The van der Waals surface area contributed by atoms with E-state index in [9.17, 15) is 4.79 Å². The first kappa shape index (κ1) is 14.6. The zero-order chi connectivity index (χ0) is 14.5. The molecule has 0 fully saturated rings. The standard InChI is InChI=1S/C16H20N2OS/c1-4-17-13-7-8-15(12(2)10-13)16(19)18(3)11-14-6-5-9-20-14/h5-10,17H,4,11H2,1-3H3. The Bertz CT molecular complexity index is 578. The lowest BCUT2D eigenvalue weighted by atomic mass is 10.1. The van der Waals surface area contributed by atoms with E-state index in [0.29, 0.717) is 6.54 Å². The van der Waals surface area contributed by atoms with E-state index in [0.717, 1.165) is 23.4 Å². The molecule has 1 N–H and O–H groups in total. The van der Waals surface area contributed by atoms with Crippen LogP contribution in [0.25, 0.3) is 0 Å². The summed E-state index contributed by atoms with van der Waals surface area (Å²) in [5, 5.41) is 5.29. The molecular weight excluding hydrogens is 268 g/mol. The van der Waals surface area contributed by atoms with Gasteiger partial charge < -0.3 is 10.2 Å². The molecule has 3 nitrogen and oxygen atoms in total. The number of hydrogen-bond acceptors (Lipinski definition) is 3. The van der Waals surface area contributed by atoms with Gasteiger partial charge in [-0.3, -0.25) is 4.79 Å². The third-order valence-electron chi connectivity index (χ3n) is 3.16. The second-order valence-electron chi connectivity index (χ2n) is 4.80. The molecule has 4 heteroatoms. The topological polar surface area (TPSA) is 32.3 Å². The van der Waals surface area contributed by atoms with Crippen LogP contribution in [-0.2, 0) is 6.54 Å². The van der Waals surface area contributed by atoms with Crippen LogP contribution in [0.2, 0.25) is 0 Å². The van der Waals surface area contributed by atoms with E-state index in [4.69, 9.17) is 0 Å². The second-order valence-corrected chi connectivity index (χ2v) is 5.83. The van der Waals surface area contributed by atoms with Crippen LogP contribution in [0.5, 0.6) is 0 Å². The molecule has 0 spiro atoms. The molecule has 0 unspecified atom stereocenters. The van der Waals surface area contributed by atoms with Gasteiger partial charge in [-0.2, -0.15) is 0 Å². The summed E-state index contributed by atoms with van der Waals surface area (Å²) >= 11 is 1.67. The Labute approximate surface area is 124 Å². The molecule has 106 valence electrons. The monoisotopic (exact) mass is 288 g/mol. The van der Waals surface area contributed by atoms with Crippen molar-refractivity contribution in [1.29, 1.82) is 0 Å². The molecule has 0 saturated carbocycles. The fourth-order valence-corrected chi connectivity index (χ4v) is 2.89. The molecule has 0 atom stereocenters. The van der Waals surface area contributed by atoms with Crippen molar-refractivity contribution in [2.24, 2.45) is 0 Å². The highest BCUT2D eigenvalue weighted by atomic mass is 32.1. The number of carbonyl (C=O) groups is 1. The lowest BCUT2D eigenvalue weighted by molar-refractivity contribution is 0.0786. The predicted molar refractivity (Wildman–Crippen MR) is 85.5 cm³/mol. The Hall–Kier alpha value is -1.81. The van der Waals surface area contributed by atoms with Crippen molar-refractivity contribution in [3.63, 3.8) is 0 Å². The van der Waals surface area contributed by atoms with Crippen molar-refractivity contribution in [1.82, 2.24) is 4.90 Å². The van der Waals surface area contributed by atoms with Gasteiger partial charge in [0.15, 0.2) is 0 Å². The van der Waals surface area contributed by atoms with Gasteiger partial charge in [-0.05, 0) is 49.1 Å². The zero-order valence-electron chi connectivity index (χ0n) is 12.1. The number of nitrogens with one attached hydrogen (secondary N) is 1. The van der Waals surface area contributed by atoms with E-state index in [1.54, 1.807) is 16.2 Å². The summed E-state index contributed by atoms with van der Waals surface area (Å²) in [6.45, 7) is 5.58. The van der Waals surface area contributed by atoms with E-state index in [1.807, 2.05) is 43.6 Å². The van der Waals surface area contributed by atoms with Crippen LogP contribution in [0.15, 0.2) is 35.7 Å². The van der Waals surface area contributed by atoms with Crippen LogP contribution in [0.1, 0.15) is 27.7 Å². The van der Waals surface area contributed by atoms with Gasteiger partial charge in [0.1, 0.15) is 0 Å². The largest absolute Gasteiger partial charge is 0.385 e. The summed E-state index contributed by atoms with van der Waals surface area (Å²) in [6, 6.07) is 9.95. The Kier molecular flexibility index (Phi) is 4.79. The van der Waals surface area contributed by atoms with Gasteiger partial charge in [0.05, 0.1) is 6.54 Å². The average molecular weight is 288 g/mol. The number of nitrogens with zero attached hydrogens (tertiary/aromatic N) is 1. The maximum absolute atomic E-state index is 12.5. The van der Waals surface area contributed by atoms with Gasteiger partial charge in [0.25, 0.3) is 5.91 Å². The van der Waals surface area contributed by atoms with E-state index in [1.165, 1.54) is 4.88 Å². The van der Waals surface area contributed by atoms with Crippen molar-refractivity contribution in [2.75, 3.05) is 18.9 Å². The van der Waals surface area contributed by atoms with Crippen LogP contribution in [0.3, 0.4) is 0 Å². The van der Waals surface area contributed by atoms with E-state index < -0.39 is 0 Å². The summed E-state index contributed by atoms with van der Waals surface area (Å²) in [5.41, 5.74) is 2.83. The van der Waals surface area contributed by atoms with Gasteiger partial charge in [0, 0.05) is 29.7 Å². The predicted octanol–water partition coefficient (Wildman–Crippen LogP) is 3.76. The van der Waals surface area contributed by atoms with E-state index >= 15 is 0 Å². The fourth-order valence-electron chi connectivity index (χ4n) is 2.13. The number of amides is 1. The van der Waals surface area contributed by atoms with Crippen molar-refractivity contribution in [3.8, 4) is 0 Å². The maximum atomic E-state index is 12.5. The van der Waals surface area contributed by atoms with Crippen LogP contribution >= 0.6 is 11.3 Å². The highest BCUT2D eigenvalue weighted by Gasteiger charge is 2.14. The van der Waals surface area contributed by atoms with Crippen LogP contribution < -0.4 is 5.32 Å². The minimum atomic E-state index is 0.0685. The van der Waals surface area contributed by atoms with Crippen molar-refractivity contribution in [3.05, 3.63) is 51.7 Å². The van der Waals surface area contributed by atoms with E-state index in [2.05, 4.69) is 18.3 Å². The smallest absolute Gasteiger partial charge is 0.254 e. The van der Waals surface area contributed by atoms with Gasteiger partial charge in [-0.15, -0.1) is 11.3 Å². The molecule has 20 heavy (non-hydrogen) atoms. The molecule has 1 aromatic carbocycles. The Morgan fingerprint density at radius 1 is 1.35 bits per heavy atom. The fraction of sp³-hybridized carbons (Fsp3) is 0.312. The summed E-state index contributed by atoms with van der Waals surface area (Å²) in [7, 11) is 1.85. The highest BCUT2D eigenvalue weighted by molar-refractivity contribution is 7.09. The average Bonchev–Trinajstić information content (AvgIpc) is 2.91. The lowest BCUT2D eigenvalue weighted by Crippen LogP contribution is -2.26. The van der Waals surface area contributed by atoms with Crippen molar-refractivity contribution < 1.29 is 4.79 Å². The quantitative estimate of drug-likeness (QED) is 0.908. The molecule has 1 heterocycles. The van der Waals surface area contributed by atoms with Gasteiger partial charge in [-0.25, -0.2) is 0 Å². The molecule has 0 aliphatic rings. The molecule has 0 radical (unpaired) electrons. The summed E-state index contributed by atoms with van der Waals surface area (Å²) < 4.78 is 0. The molecule has 0 aliphatic carbocycles. The highest BCUT2D eigenvalue weighted by Crippen LogP contribution is 2.18. The third kappa shape index (κ3) is 3.39. The molecule has 0 saturated heterocycles. The number of benzene rings is 1. The first-order valence-corrected chi connectivity index (χ1v) is 7.62. The number of aryl methyl sites for hydroxylation is 1. The SMILES string of the molecule is CCNc1ccc(C(=O)N(C)Cc2cccs2)c(C)c1. The number of hydrogen-bond donors (Lipinski definition) is 1. The lowest BCUT2D eigenvalue weighted by Gasteiger charge is -2.18. The normalized spacial score (nSPS) is 10.3. The van der Waals surface area contributed by atoms with Gasteiger partial charge in [0.2, 0.25) is 0 Å². The minimum Gasteiger partial charge on any atom is -0.385 e. The number of anilines is 1. The Balaban J connectivity index is 2.12. The zero-order valence-corrected chi connectivity index (χ0v) is 13.0. The number of rotatable bonds is 5. The Morgan fingerprint density at radius 2 is 2.15 bits per heavy atom.